The molecule has 2 amide bonds. The molecular formula is C33H40N2O7. The van der Waals surface area contributed by atoms with Gasteiger partial charge in [-0.15, -0.1) is 6.58 Å². The van der Waals surface area contributed by atoms with E-state index in [2.05, 4.69) is 6.58 Å². The Morgan fingerprint density at radius 1 is 1.21 bits per heavy atom. The third-order valence-electron chi connectivity index (χ3n) is 9.41. The molecule has 1 spiro atoms. The van der Waals surface area contributed by atoms with Gasteiger partial charge in [-0.3, -0.25) is 14.4 Å². The van der Waals surface area contributed by atoms with Crippen molar-refractivity contribution in [2.24, 2.45) is 17.8 Å². The van der Waals surface area contributed by atoms with Crippen LogP contribution in [0.4, 0.5) is 5.69 Å². The Morgan fingerprint density at radius 3 is 2.50 bits per heavy atom. The van der Waals surface area contributed by atoms with Crippen molar-refractivity contribution in [3.05, 3.63) is 72.8 Å². The van der Waals surface area contributed by atoms with E-state index in [9.17, 15) is 19.5 Å². The molecule has 224 valence electrons. The second-order valence-electron chi connectivity index (χ2n) is 11.7. The average molecular weight is 577 g/mol. The summed E-state index contributed by atoms with van der Waals surface area (Å²) in [5.74, 6) is -2.50. The number of carbonyl (C=O) groups is 3. The molecule has 2 aromatic carbocycles. The number of hydrogen-bond donors (Lipinski definition) is 1. The molecule has 9 nitrogen and oxygen atoms in total. The van der Waals surface area contributed by atoms with Gasteiger partial charge in [-0.05, 0) is 62.4 Å². The molecule has 2 aromatic rings. The highest BCUT2D eigenvalue weighted by Gasteiger charge is 2.80. The summed E-state index contributed by atoms with van der Waals surface area (Å²) < 4.78 is 17.6. The lowest BCUT2D eigenvalue weighted by molar-refractivity contribution is -0.162. The molecule has 9 heteroatoms. The van der Waals surface area contributed by atoms with E-state index >= 15 is 0 Å². The van der Waals surface area contributed by atoms with Gasteiger partial charge in [-0.1, -0.05) is 43.3 Å². The van der Waals surface area contributed by atoms with Crippen molar-refractivity contribution in [1.82, 2.24) is 4.90 Å². The molecule has 3 heterocycles. The van der Waals surface area contributed by atoms with Gasteiger partial charge in [-0.25, -0.2) is 0 Å². The molecule has 1 N–H and O–H groups in total. The molecule has 0 aromatic heterocycles. The van der Waals surface area contributed by atoms with Gasteiger partial charge < -0.3 is 29.1 Å². The minimum atomic E-state index is -1.27. The zero-order chi connectivity index (χ0) is 30.2. The average Bonchev–Trinajstić information content (AvgIpc) is 3.51. The first-order valence-electron chi connectivity index (χ1n) is 14.6. The normalized spacial score (nSPS) is 30.1. The first kappa shape index (κ1) is 29.8. The fourth-order valence-electron chi connectivity index (χ4n) is 7.44. The number of methoxy groups -OCH3 is 1. The van der Waals surface area contributed by atoms with Gasteiger partial charge in [0.05, 0.1) is 37.9 Å². The number of aliphatic hydroxyl groups is 1. The Balaban J connectivity index is 1.64. The lowest BCUT2D eigenvalue weighted by atomic mass is 9.62. The van der Waals surface area contributed by atoms with E-state index in [4.69, 9.17) is 14.2 Å². The van der Waals surface area contributed by atoms with Crippen LogP contribution in [0.5, 0.6) is 5.75 Å². The fraction of sp³-hybridized carbons (Fsp3) is 0.485. The number of rotatable bonds is 11. The number of hydrogen-bond acceptors (Lipinski definition) is 7. The van der Waals surface area contributed by atoms with Crippen molar-refractivity contribution in [3.63, 3.8) is 0 Å². The molecular weight excluding hydrogens is 536 g/mol. The highest BCUT2D eigenvalue weighted by Crippen LogP contribution is 2.65. The summed E-state index contributed by atoms with van der Waals surface area (Å²) in [6.07, 6.45) is 2.37. The Kier molecular flexibility index (Phi) is 8.18. The van der Waals surface area contributed by atoms with Gasteiger partial charge in [0, 0.05) is 12.2 Å². The van der Waals surface area contributed by atoms with Crippen molar-refractivity contribution in [1.29, 1.82) is 0 Å². The lowest BCUT2D eigenvalue weighted by Crippen LogP contribution is -2.59. The number of nitrogens with zero attached hydrogens (tertiary/aromatic N) is 2. The Hall–Kier alpha value is -3.69. The maximum atomic E-state index is 14.8. The van der Waals surface area contributed by atoms with Crippen LogP contribution in [0.15, 0.2) is 67.3 Å². The Labute approximate surface area is 247 Å². The smallest absolute Gasteiger partial charge is 0.312 e. The van der Waals surface area contributed by atoms with Gasteiger partial charge in [0.2, 0.25) is 5.91 Å². The van der Waals surface area contributed by atoms with Crippen LogP contribution < -0.4 is 9.64 Å². The summed E-state index contributed by atoms with van der Waals surface area (Å²) >= 11 is 0. The predicted molar refractivity (Wildman–Crippen MR) is 157 cm³/mol. The summed E-state index contributed by atoms with van der Waals surface area (Å²) in [5, 5.41) is 10.7. The minimum absolute atomic E-state index is 0.123. The zero-order valence-electron chi connectivity index (χ0n) is 24.7. The van der Waals surface area contributed by atoms with E-state index in [1.54, 1.807) is 49.3 Å². The number of likely N-dealkylation sites (tertiary alicyclic amines) is 1. The van der Waals surface area contributed by atoms with Crippen molar-refractivity contribution >= 4 is 23.5 Å². The van der Waals surface area contributed by atoms with E-state index in [-0.39, 0.29) is 37.5 Å². The molecule has 0 saturated carbocycles. The molecule has 3 aliphatic rings. The third-order valence-corrected chi connectivity index (χ3v) is 9.41. The molecule has 42 heavy (non-hydrogen) atoms. The van der Waals surface area contributed by atoms with Crippen LogP contribution in [-0.2, 0) is 30.3 Å². The molecule has 2 bridgehead atoms. The van der Waals surface area contributed by atoms with Gasteiger partial charge in [0.1, 0.15) is 23.3 Å². The fourth-order valence-corrected chi connectivity index (χ4v) is 7.44. The summed E-state index contributed by atoms with van der Waals surface area (Å²) in [6, 6.07) is 14.8. The number of anilines is 1. The highest BCUT2D eigenvalue weighted by molar-refractivity contribution is 6.05. The van der Waals surface area contributed by atoms with E-state index in [0.717, 1.165) is 5.56 Å². The third kappa shape index (κ3) is 4.59. The Morgan fingerprint density at radius 2 is 1.90 bits per heavy atom. The summed E-state index contributed by atoms with van der Waals surface area (Å²) in [7, 11) is 1.57. The summed E-state index contributed by atoms with van der Waals surface area (Å²) in [6.45, 7) is 9.42. The second kappa shape index (κ2) is 11.5. The number of amides is 2. The predicted octanol–water partition coefficient (Wildman–Crippen LogP) is 3.39. The van der Waals surface area contributed by atoms with Crippen molar-refractivity contribution < 1.29 is 33.7 Å². The van der Waals surface area contributed by atoms with Crippen LogP contribution in [0, 0.1) is 17.8 Å². The van der Waals surface area contributed by atoms with Crippen LogP contribution in [0.25, 0.3) is 0 Å². The number of carbonyl (C=O) groups excluding carboxylic acids is 3. The molecule has 5 rings (SSSR count). The van der Waals surface area contributed by atoms with Crippen LogP contribution in [-0.4, -0.2) is 77.9 Å². The van der Waals surface area contributed by atoms with E-state index in [0.29, 0.717) is 24.3 Å². The van der Waals surface area contributed by atoms with Gasteiger partial charge in [0.25, 0.3) is 5.91 Å². The van der Waals surface area contributed by atoms with Crippen LogP contribution >= 0.6 is 0 Å². The van der Waals surface area contributed by atoms with Crippen molar-refractivity contribution in [2.45, 2.75) is 56.9 Å². The van der Waals surface area contributed by atoms with E-state index in [1.807, 2.05) is 44.2 Å². The lowest BCUT2D eigenvalue weighted by Gasteiger charge is -2.39. The van der Waals surface area contributed by atoms with E-state index < -0.39 is 41.1 Å². The van der Waals surface area contributed by atoms with Crippen LogP contribution in [0.2, 0.25) is 0 Å². The summed E-state index contributed by atoms with van der Waals surface area (Å²) in [4.78, 5) is 45.9. The quantitative estimate of drug-likeness (QED) is 0.323. The maximum Gasteiger partial charge on any atom is 0.312 e. The zero-order valence-corrected chi connectivity index (χ0v) is 24.7. The minimum Gasteiger partial charge on any atom is -0.497 e. The van der Waals surface area contributed by atoms with Gasteiger partial charge >= 0.3 is 5.97 Å². The molecule has 0 radical (unpaired) electrons. The number of ether oxygens (including phenoxy) is 3. The van der Waals surface area contributed by atoms with Crippen molar-refractivity contribution in [3.8, 4) is 5.75 Å². The number of aliphatic hydroxyl groups excluding tert-OH is 1. The number of fused-ring (bicyclic) bond motifs is 1. The molecule has 7 atom stereocenters. The SMILES string of the molecule is C=CCN(C(=O)C1N([C@@H](CO)Cc2ccccc2)C(=O)[C@@H]2[C@@H](C(=O)OCC)[C@]3(C)OC12CC3C)c1ccc(OC)cc1. The first-order valence-corrected chi connectivity index (χ1v) is 14.6. The summed E-state index contributed by atoms with van der Waals surface area (Å²) in [5.41, 5.74) is -0.731. The molecule has 3 aliphatic heterocycles. The first-order chi connectivity index (χ1) is 20.2. The Bertz CT molecular complexity index is 1330. The van der Waals surface area contributed by atoms with E-state index in [1.165, 1.54) is 4.90 Å². The number of esters is 1. The molecule has 3 saturated heterocycles. The van der Waals surface area contributed by atoms with Crippen molar-refractivity contribution in [2.75, 3.05) is 31.8 Å². The molecule has 0 aliphatic carbocycles. The van der Waals surface area contributed by atoms with Crippen LogP contribution in [0.3, 0.4) is 0 Å². The highest BCUT2D eigenvalue weighted by atomic mass is 16.6. The van der Waals surface area contributed by atoms with Crippen LogP contribution in [0.1, 0.15) is 32.8 Å². The molecule has 3 fully saturated rings. The monoisotopic (exact) mass is 576 g/mol. The largest absolute Gasteiger partial charge is 0.497 e. The number of benzene rings is 2. The maximum absolute atomic E-state index is 14.8. The second-order valence-corrected chi connectivity index (χ2v) is 11.7. The van der Waals surface area contributed by atoms with Gasteiger partial charge in [-0.2, -0.15) is 0 Å². The molecule has 3 unspecified atom stereocenters. The standard InChI is InChI=1S/C33H40N2O7/c1-6-17-34(23-13-15-25(40-5)16-14-23)30(38)28-33-19-21(3)32(4,42-33)27(31(39)41-7-2)26(33)29(37)35(28)24(20-36)18-22-11-9-8-10-12-22/h6,8-16,21,24,26-28,36H,1,7,17-20H2,2-5H3/t21?,24-,26+,27+,28?,32-,33?/m1/s1. The topological polar surface area (TPSA) is 106 Å². The van der Waals surface area contributed by atoms with Gasteiger partial charge in [0.15, 0.2) is 0 Å².